The quantitative estimate of drug-likeness (QED) is 0.641. The minimum atomic E-state index is -1.72. The zero-order valence-corrected chi connectivity index (χ0v) is 15.7. The molecule has 142 valence electrons. The van der Waals surface area contributed by atoms with Crippen LogP contribution in [0.2, 0.25) is 5.02 Å². The van der Waals surface area contributed by atoms with Gasteiger partial charge in [0.1, 0.15) is 6.61 Å². The van der Waals surface area contributed by atoms with Crippen LogP contribution in [0.1, 0.15) is 23.2 Å². The van der Waals surface area contributed by atoms with E-state index in [1.165, 1.54) is 24.8 Å². The summed E-state index contributed by atoms with van der Waals surface area (Å²) in [5, 5.41) is 21.5. The number of ether oxygens (including phenoxy) is 1. The fourth-order valence-corrected chi connectivity index (χ4v) is 3.21. The summed E-state index contributed by atoms with van der Waals surface area (Å²) >= 11 is 5.89. The summed E-state index contributed by atoms with van der Waals surface area (Å²) in [5.74, 6) is 0.106. The van der Waals surface area contributed by atoms with Crippen LogP contribution in [0.15, 0.2) is 36.5 Å². The standard InChI is InChI=1S/C18H21BClN3O4/c1-23-8-2-3-14(23)11-27-17-7-4-12(10-21-17)18(24)22-13-5-6-16(20)15(9-13)19(25)26/h4-7,9-10,14,25-26H,2-3,8,11H2,1H3,(H,22,24)/t14-/m0/s1. The highest BCUT2D eigenvalue weighted by atomic mass is 35.5. The van der Waals surface area contributed by atoms with Gasteiger partial charge in [-0.25, -0.2) is 4.98 Å². The van der Waals surface area contributed by atoms with Gasteiger partial charge in [-0.2, -0.15) is 0 Å². The second kappa shape index (κ2) is 8.71. The molecule has 0 saturated carbocycles. The van der Waals surface area contributed by atoms with Gasteiger partial charge < -0.3 is 25.0 Å². The van der Waals surface area contributed by atoms with Crippen LogP contribution in [0.4, 0.5) is 5.69 Å². The van der Waals surface area contributed by atoms with Crippen molar-refractivity contribution in [1.82, 2.24) is 9.88 Å². The third-order valence-corrected chi connectivity index (χ3v) is 4.97. The van der Waals surface area contributed by atoms with Crippen molar-refractivity contribution in [3.05, 3.63) is 47.1 Å². The van der Waals surface area contributed by atoms with Crippen LogP contribution < -0.4 is 15.5 Å². The number of rotatable bonds is 6. The number of likely N-dealkylation sites (tertiary alicyclic amines) is 1. The second-order valence-electron chi connectivity index (χ2n) is 6.54. The molecule has 1 aromatic heterocycles. The molecule has 1 amide bonds. The highest BCUT2D eigenvalue weighted by molar-refractivity contribution is 6.62. The average Bonchev–Trinajstić information content (AvgIpc) is 3.06. The van der Waals surface area contributed by atoms with Gasteiger partial charge in [0.05, 0.1) is 5.56 Å². The van der Waals surface area contributed by atoms with Gasteiger partial charge in [0.25, 0.3) is 5.91 Å². The molecule has 9 heteroatoms. The molecule has 0 unspecified atom stereocenters. The predicted octanol–water partition coefficient (Wildman–Crippen LogP) is 1.14. The highest BCUT2D eigenvalue weighted by Gasteiger charge is 2.21. The molecule has 1 aromatic carbocycles. The fraction of sp³-hybridized carbons (Fsp3) is 0.333. The first kappa shape index (κ1) is 19.6. The molecular weight excluding hydrogens is 368 g/mol. The molecule has 2 heterocycles. The number of carbonyl (C=O) groups is 1. The molecule has 0 bridgehead atoms. The van der Waals surface area contributed by atoms with Crippen LogP contribution in [0.3, 0.4) is 0 Å². The van der Waals surface area contributed by atoms with E-state index in [2.05, 4.69) is 22.2 Å². The van der Waals surface area contributed by atoms with Gasteiger partial charge in [0.2, 0.25) is 5.88 Å². The van der Waals surface area contributed by atoms with Crippen molar-refractivity contribution >= 4 is 35.8 Å². The largest absolute Gasteiger partial charge is 0.490 e. The number of benzene rings is 1. The van der Waals surface area contributed by atoms with Crippen molar-refractivity contribution in [1.29, 1.82) is 0 Å². The first-order valence-corrected chi connectivity index (χ1v) is 9.08. The molecule has 3 N–H and O–H groups in total. The molecule has 2 aromatic rings. The average molecular weight is 390 g/mol. The number of nitrogens with zero attached hydrogens (tertiary/aromatic N) is 2. The Labute approximate surface area is 163 Å². The van der Waals surface area contributed by atoms with Gasteiger partial charge >= 0.3 is 7.12 Å². The van der Waals surface area contributed by atoms with Gasteiger partial charge in [0, 0.05) is 34.5 Å². The van der Waals surface area contributed by atoms with Gasteiger partial charge in [0.15, 0.2) is 0 Å². The smallest absolute Gasteiger partial charge is 0.476 e. The van der Waals surface area contributed by atoms with Crippen molar-refractivity contribution in [2.45, 2.75) is 18.9 Å². The lowest BCUT2D eigenvalue weighted by atomic mass is 9.80. The van der Waals surface area contributed by atoms with E-state index in [1.54, 1.807) is 18.2 Å². The van der Waals surface area contributed by atoms with E-state index in [1.807, 2.05) is 0 Å². The zero-order valence-electron chi connectivity index (χ0n) is 14.9. The van der Waals surface area contributed by atoms with Crippen molar-refractivity contribution in [3.8, 4) is 5.88 Å². The minimum Gasteiger partial charge on any atom is -0.476 e. The molecule has 27 heavy (non-hydrogen) atoms. The van der Waals surface area contributed by atoms with Gasteiger partial charge in [-0.1, -0.05) is 11.6 Å². The number of carbonyl (C=O) groups excluding carboxylic acids is 1. The van der Waals surface area contributed by atoms with Crippen molar-refractivity contribution in [2.75, 3.05) is 25.5 Å². The van der Waals surface area contributed by atoms with Crippen LogP contribution in [0, 0.1) is 0 Å². The number of aromatic nitrogens is 1. The number of anilines is 1. The number of pyridine rings is 1. The van der Waals surface area contributed by atoms with Crippen LogP contribution in [0.5, 0.6) is 5.88 Å². The Morgan fingerprint density at radius 3 is 2.85 bits per heavy atom. The lowest BCUT2D eigenvalue weighted by molar-refractivity contribution is 0.102. The first-order chi connectivity index (χ1) is 12.9. The molecule has 1 atom stereocenters. The maximum absolute atomic E-state index is 12.3. The molecule has 3 rings (SSSR count). The van der Waals surface area contributed by atoms with Crippen LogP contribution in [-0.2, 0) is 0 Å². The lowest BCUT2D eigenvalue weighted by Gasteiger charge is -2.19. The van der Waals surface area contributed by atoms with E-state index in [4.69, 9.17) is 16.3 Å². The molecule has 0 aliphatic carbocycles. The van der Waals surface area contributed by atoms with E-state index in [-0.39, 0.29) is 16.4 Å². The van der Waals surface area contributed by atoms with Crippen molar-refractivity contribution in [3.63, 3.8) is 0 Å². The Hall–Kier alpha value is -2.13. The molecule has 0 spiro atoms. The number of hydrogen-bond acceptors (Lipinski definition) is 6. The molecular formula is C18H21BClN3O4. The Balaban J connectivity index is 1.59. The molecule has 1 aliphatic heterocycles. The minimum absolute atomic E-state index is 0.119. The van der Waals surface area contributed by atoms with E-state index >= 15 is 0 Å². The van der Waals surface area contributed by atoms with Crippen LogP contribution >= 0.6 is 11.6 Å². The Morgan fingerprint density at radius 1 is 1.41 bits per heavy atom. The SMILES string of the molecule is CN1CCC[C@H]1COc1ccc(C(=O)Nc2ccc(Cl)c(B(O)O)c2)cn1. The number of likely N-dealkylation sites (N-methyl/N-ethyl adjacent to an activating group) is 1. The predicted molar refractivity (Wildman–Crippen MR) is 105 cm³/mol. The number of hydrogen-bond donors (Lipinski definition) is 3. The Morgan fingerprint density at radius 2 is 2.22 bits per heavy atom. The summed E-state index contributed by atoms with van der Waals surface area (Å²) in [4.78, 5) is 18.8. The molecule has 7 nitrogen and oxygen atoms in total. The van der Waals surface area contributed by atoms with E-state index in [9.17, 15) is 14.8 Å². The maximum Gasteiger partial charge on any atom is 0.490 e. The molecule has 0 radical (unpaired) electrons. The third kappa shape index (κ3) is 4.98. The van der Waals surface area contributed by atoms with Gasteiger partial charge in [-0.15, -0.1) is 0 Å². The first-order valence-electron chi connectivity index (χ1n) is 8.70. The normalized spacial score (nSPS) is 17.0. The van der Waals surface area contributed by atoms with Crippen molar-refractivity contribution < 1.29 is 19.6 Å². The van der Waals surface area contributed by atoms with Gasteiger partial charge in [-0.05, 0) is 50.7 Å². The van der Waals surface area contributed by atoms with Crippen molar-refractivity contribution in [2.24, 2.45) is 0 Å². The number of nitrogens with one attached hydrogen (secondary N) is 1. The topological polar surface area (TPSA) is 94.9 Å². The summed E-state index contributed by atoms with van der Waals surface area (Å²) in [6.45, 7) is 1.66. The summed E-state index contributed by atoms with van der Waals surface area (Å²) < 4.78 is 5.71. The third-order valence-electron chi connectivity index (χ3n) is 4.63. The summed E-state index contributed by atoms with van der Waals surface area (Å²) in [7, 11) is 0.367. The Kier molecular flexibility index (Phi) is 6.33. The summed E-state index contributed by atoms with van der Waals surface area (Å²) in [6.07, 6.45) is 3.74. The Bertz CT molecular complexity index is 804. The second-order valence-corrected chi connectivity index (χ2v) is 6.94. The molecule has 1 aliphatic rings. The zero-order chi connectivity index (χ0) is 19.4. The van der Waals surface area contributed by atoms with Crippen LogP contribution in [-0.4, -0.2) is 59.2 Å². The monoisotopic (exact) mass is 389 g/mol. The fourth-order valence-electron chi connectivity index (χ4n) is 2.99. The number of halogens is 1. The molecule has 1 fully saturated rings. The summed E-state index contributed by atoms with van der Waals surface area (Å²) in [5.41, 5.74) is 0.881. The van der Waals surface area contributed by atoms with Crippen LogP contribution in [0.25, 0.3) is 0 Å². The lowest BCUT2D eigenvalue weighted by Crippen LogP contribution is -2.31. The van der Waals surface area contributed by atoms with Gasteiger partial charge in [-0.3, -0.25) is 4.79 Å². The summed E-state index contributed by atoms with van der Waals surface area (Å²) in [6, 6.07) is 8.17. The van der Waals surface area contributed by atoms with E-state index < -0.39 is 7.12 Å². The maximum atomic E-state index is 12.3. The molecule has 1 saturated heterocycles. The van der Waals surface area contributed by atoms with E-state index in [0.29, 0.717) is 29.8 Å². The van der Waals surface area contributed by atoms with E-state index in [0.717, 1.165) is 13.0 Å². The number of amides is 1. The highest BCUT2D eigenvalue weighted by Crippen LogP contribution is 2.17.